The van der Waals surface area contributed by atoms with Gasteiger partial charge in [-0.25, -0.2) is 14.1 Å². The van der Waals surface area contributed by atoms with E-state index in [4.69, 9.17) is 11.6 Å². The highest BCUT2D eigenvalue weighted by molar-refractivity contribution is 6.31. The van der Waals surface area contributed by atoms with Gasteiger partial charge in [0, 0.05) is 17.1 Å². The Kier molecular flexibility index (Phi) is 5.59. The lowest BCUT2D eigenvalue weighted by Crippen LogP contribution is -2.40. The number of imide groups is 1. The van der Waals surface area contributed by atoms with Gasteiger partial charge in [0.2, 0.25) is 0 Å². The molecule has 1 N–H and O–H groups in total. The van der Waals surface area contributed by atoms with Crippen LogP contribution in [0.25, 0.3) is 0 Å². The lowest BCUT2D eigenvalue weighted by Gasteiger charge is -2.23. The van der Waals surface area contributed by atoms with Crippen molar-refractivity contribution in [3.05, 3.63) is 34.6 Å². The van der Waals surface area contributed by atoms with Crippen molar-refractivity contribution in [2.75, 3.05) is 13.7 Å². The van der Waals surface area contributed by atoms with Crippen LogP contribution in [0.4, 0.5) is 9.18 Å². The molecule has 1 saturated heterocycles. The molecule has 1 aromatic carbocycles. The number of urea groups is 1. The monoisotopic (exact) mass is 341 g/mol. The molecule has 1 unspecified atom stereocenters. The van der Waals surface area contributed by atoms with Gasteiger partial charge in [-0.15, -0.1) is 0 Å². The third-order valence-corrected chi connectivity index (χ3v) is 4.04. The number of halogens is 2. The normalized spacial score (nSPS) is 18.2. The van der Waals surface area contributed by atoms with Crippen LogP contribution in [-0.4, -0.2) is 41.5 Å². The largest absolute Gasteiger partial charge is 0.326 e. The lowest BCUT2D eigenvalue weighted by atomic mass is 10.0. The Balaban J connectivity index is 2.01. The molecule has 1 aromatic rings. The van der Waals surface area contributed by atoms with Crippen LogP contribution in [0.2, 0.25) is 5.02 Å². The van der Waals surface area contributed by atoms with Crippen molar-refractivity contribution in [3.8, 4) is 0 Å². The first kappa shape index (κ1) is 17.7. The second-order valence-electron chi connectivity index (χ2n) is 6.25. The van der Waals surface area contributed by atoms with Crippen LogP contribution in [-0.2, 0) is 11.3 Å². The van der Waals surface area contributed by atoms with Crippen LogP contribution in [0.15, 0.2) is 18.2 Å². The van der Waals surface area contributed by atoms with E-state index in [1.807, 2.05) is 13.8 Å². The summed E-state index contributed by atoms with van der Waals surface area (Å²) in [5.41, 5.74) is 0.349. The molecule has 0 saturated carbocycles. The lowest BCUT2D eigenvalue weighted by molar-refractivity contribution is -0.129. The minimum absolute atomic E-state index is 0.0872. The number of benzene rings is 1. The second-order valence-corrected chi connectivity index (χ2v) is 6.66. The molecule has 1 aliphatic heterocycles. The number of hydrogen-bond donors (Lipinski definition) is 1. The first-order valence-electron chi connectivity index (χ1n) is 7.53. The fourth-order valence-corrected chi connectivity index (χ4v) is 2.81. The Morgan fingerprint density at radius 3 is 2.70 bits per heavy atom. The molecule has 3 amide bonds. The van der Waals surface area contributed by atoms with Crippen LogP contribution in [0.5, 0.6) is 0 Å². The summed E-state index contributed by atoms with van der Waals surface area (Å²) in [5, 5.41) is 3.01. The third-order valence-electron chi connectivity index (χ3n) is 3.69. The van der Waals surface area contributed by atoms with E-state index in [1.165, 1.54) is 12.1 Å². The summed E-state index contributed by atoms with van der Waals surface area (Å²) in [6.45, 7) is 4.28. The van der Waals surface area contributed by atoms with Gasteiger partial charge in [0.1, 0.15) is 11.9 Å². The Labute approximate surface area is 140 Å². The van der Waals surface area contributed by atoms with Crippen LogP contribution in [0.3, 0.4) is 0 Å². The molecule has 1 fully saturated rings. The highest BCUT2D eigenvalue weighted by Gasteiger charge is 2.38. The zero-order chi connectivity index (χ0) is 17.1. The molecular formula is C16H21ClFN3O2. The number of amides is 3. The number of hydrogen-bond acceptors (Lipinski definition) is 3. The van der Waals surface area contributed by atoms with Crippen molar-refractivity contribution in [1.82, 2.24) is 15.1 Å². The maximum Gasteiger partial charge on any atom is 0.325 e. The highest BCUT2D eigenvalue weighted by Crippen LogP contribution is 2.21. The number of rotatable bonds is 6. The number of nitrogens with one attached hydrogen (secondary N) is 1. The van der Waals surface area contributed by atoms with Crippen LogP contribution < -0.4 is 5.32 Å². The van der Waals surface area contributed by atoms with E-state index in [1.54, 1.807) is 18.0 Å². The Hall–Kier alpha value is -1.66. The molecule has 0 spiro atoms. The van der Waals surface area contributed by atoms with Crippen molar-refractivity contribution in [2.24, 2.45) is 5.92 Å². The van der Waals surface area contributed by atoms with Gasteiger partial charge in [-0.2, -0.15) is 0 Å². The van der Waals surface area contributed by atoms with Gasteiger partial charge in [0.15, 0.2) is 0 Å². The minimum atomic E-state index is -0.479. The first-order valence-corrected chi connectivity index (χ1v) is 7.90. The summed E-state index contributed by atoms with van der Waals surface area (Å²) in [6.07, 6.45) is 0.601. The minimum Gasteiger partial charge on any atom is -0.326 e. The second kappa shape index (κ2) is 7.27. The molecule has 2 rings (SSSR count). The Bertz CT molecular complexity index is 589. The predicted molar refractivity (Wildman–Crippen MR) is 86.4 cm³/mol. The van der Waals surface area contributed by atoms with Crippen molar-refractivity contribution in [1.29, 1.82) is 0 Å². The summed E-state index contributed by atoms with van der Waals surface area (Å²) in [4.78, 5) is 27.1. The van der Waals surface area contributed by atoms with E-state index >= 15 is 0 Å². The zero-order valence-corrected chi connectivity index (χ0v) is 14.2. The van der Waals surface area contributed by atoms with E-state index in [0.717, 1.165) is 4.90 Å². The summed E-state index contributed by atoms with van der Waals surface area (Å²) in [6, 6.07) is 3.59. The van der Waals surface area contributed by atoms with Gasteiger partial charge < -0.3 is 5.32 Å². The third kappa shape index (κ3) is 4.20. The topological polar surface area (TPSA) is 52.7 Å². The van der Waals surface area contributed by atoms with Crippen LogP contribution >= 0.6 is 11.6 Å². The molecule has 5 nitrogen and oxygen atoms in total. The number of carbonyl (C=O) groups is 2. The average molecular weight is 342 g/mol. The van der Waals surface area contributed by atoms with Gasteiger partial charge in [0.05, 0.1) is 6.67 Å². The predicted octanol–water partition coefficient (Wildman–Crippen LogP) is 2.83. The number of carbonyl (C=O) groups excluding carboxylic acids is 2. The smallest absolute Gasteiger partial charge is 0.325 e. The molecule has 0 radical (unpaired) electrons. The van der Waals surface area contributed by atoms with Gasteiger partial charge in [-0.05, 0) is 31.5 Å². The highest BCUT2D eigenvalue weighted by atomic mass is 35.5. The molecule has 1 aliphatic rings. The van der Waals surface area contributed by atoms with Crippen molar-refractivity contribution in [2.45, 2.75) is 32.9 Å². The summed E-state index contributed by atoms with van der Waals surface area (Å²) in [7, 11) is 1.71. The molecule has 23 heavy (non-hydrogen) atoms. The molecule has 7 heteroatoms. The molecular weight excluding hydrogens is 321 g/mol. The average Bonchev–Trinajstić information content (AvgIpc) is 2.70. The van der Waals surface area contributed by atoms with E-state index in [2.05, 4.69) is 5.32 Å². The fraction of sp³-hybridized carbons (Fsp3) is 0.500. The first-order chi connectivity index (χ1) is 10.8. The van der Waals surface area contributed by atoms with E-state index < -0.39 is 17.9 Å². The summed E-state index contributed by atoms with van der Waals surface area (Å²) >= 11 is 6.00. The zero-order valence-electron chi connectivity index (χ0n) is 13.5. The van der Waals surface area contributed by atoms with Crippen molar-refractivity contribution >= 4 is 23.5 Å². The Morgan fingerprint density at radius 2 is 2.09 bits per heavy atom. The number of nitrogens with zero attached hydrogens (tertiary/aromatic N) is 2. The van der Waals surface area contributed by atoms with E-state index in [9.17, 15) is 14.0 Å². The fourth-order valence-electron chi connectivity index (χ4n) is 2.59. The van der Waals surface area contributed by atoms with E-state index in [-0.39, 0.29) is 19.1 Å². The maximum atomic E-state index is 13.8. The SMILES string of the molecule is CC(C)CC1NC(=O)N(CN(C)Cc2c(F)cccc2Cl)C1=O. The van der Waals surface area contributed by atoms with Crippen LogP contribution in [0, 0.1) is 11.7 Å². The van der Waals surface area contributed by atoms with Gasteiger partial charge in [-0.1, -0.05) is 31.5 Å². The Morgan fingerprint density at radius 1 is 1.39 bits per heavy atom. The van der Waals surface area contributed by atoms with Crippen molar-refractivity contribution < 1.29 is 14.0 Å². The molecule has 0 aromatic heterocycles. The standard InChI is InChI=1S/C16H21ClFN3O2/c1-10(2)7-14-15(22)21(16(23)19-14)9-20(3)8-11-12(17)5-4-6-13(11)18/h4-6,10,14H,7-9H2,1-3H3,(H,19,23). The van der Waals surface area contributed by atoms with Gasteiger partial charge in [-0.3, -0.25) is 9.69 Å². The molecule has 126 valence electrons. The summed E-state index contributed by atoms with van der Waals surface area (Å²) < 4.78 is 13.8. The van der Waals surface area contributed by atoms with Crippen molar-refractivity contribution in [3.63, 3.8) is 0 Å². The molecule has 0 bridgehead atoms. The van der Waals surface area contributed by atoms with Gasteiger partial charge in [0.25, 0.3) is 5.91 Å². The maximum absolute atomic E-state index is 13.8. The molecule has 1 atom stereocenters. The van der Waals surface area contributed by atoms with E-state index in [0.29, 0.717) is 22.9 Å². The molecule has 0 aliphatic carbocycles. The van der Waals surface area contributed by atoms with Crippen LogP contribution in [0.1, 0.15) is 25.8 Å². The molecule has 1 heterocycles. The van der Waals surface area contributed by atoms with Gasteiger partial charge >= 0.3 is 6.03 Å². The summed E-state index contributed by atoms with van der Waals surface area (Å²) in [5.74, 6) is -0.339. The quantitative estimate of drug-likeness (QED) is 0.809.